The molecule has 1 atom stereocenters. The predicted molar refractivity (Wildman–Crippen MR) is 73.2 cm³/mol. The minimum Gasteiger partial charge on any atom is -0.396 e. The molecule has 0 amide bonds. The normalized spacial score (nSPS) is 20.4. The molecule has 6 heteroatoms. The summed E-state index contributed by atoms with van der Waals surface area (Å²) in [6.07, 6.45) is 2.03. The third-order valence-electron chi connectivity index (χ3n) is 3.49. The Morgan fingerprint density at radius 2 is 2.32 bits per heavy atom. The first kappa shape index (κ1) is 14.2. The topological polar surface area (TPSA) is 66.6 Å². The van der Waals surface area contributed by atoms with E-state index in [1.54, 1.807) is 6.07 Å². The number of likely N-dealkylation sites (tertiary alicyclic amines) is 1. The molecule has 104 valence electrons. The van der Waals surface area contributed by atoms with Gasteiger partial charge in [0.25, 0.3) is 5.69 Å². The molecule has 1 N–H and O–H groups in total. The van der Waals surface area contributed by atoms with Gasteiger partial charge in [-0.1, -0.05) is 11.6 Å². The van der Waals surface area contributed by atoms with Gasteiger partial charge in [-0.3, -0.25) is 15.0 Å². The fourth-order valence-corrected chi connectivity index (χ4v) is 2.74. The maximum Gasteiger partial charge on any atom is 0.273 e. The van der Waals surface area contributed by atoms with E-state index in [1.807, 2.05) is 0 Å². The molecule has 0 spiro atoms. The van der Waals surface area contributed by atoms with Gasteiger partial charge >= 0.3 is 0 Å². The number of piperidine rings is 1. The number of hydrogen-bond acceptors (Lipinski definition) is 4. The second-order valence-electron chi connectivity index (χ2n) is 4.96. The Morgan fingerprint density at radius 1 is 1.53 bits per heavy atom. The number of benzene rings is 1. The van der Waals surface area contributed by atoms with Crippen LogP contribution in [0.25, 0.3) is 0 Å². The molecule has 2 rings (SSSR count). The quantitative estimate of drug-likeness (QED) is 0.681. The van der Waals surface area contributed by atoms with Crippen LogP contribution in [0.3, 0.4) is 0 Å². The van der Waals surface area contributed by atoms with E-state index in [2.05, 4.69) is 4.90 Å². The molecule has 5 nitrogen and oxygen atoms in total. The Labute approximate surface area is 116 Å². The third-order valence-corrected chi connectivity index (χ3v) is 3.73. The number of rotatable bonds is 4. The first-order valence-corrected chi connectivity index (χ1v) is 6.74. The lowest BCUT2D eigenvalue weighted by Gasteiger charge is -2.31. The summed E-state index contributed by atoms with van der Waals surface area (Å²) in [6.45, 7) is 2.36. The van der Waals surface area contributed by atoms with E-state index in [4.69, 9.17) is 11.6 Å². The van der Waals surface area contributed by atoms with Crippen LogP contribution in [-0.2, 0) is 6.54 Å². The summed E-state index contributed by atoms with van der Waals surface area (Å²) in [4.78, 5) is 12.8. The van der Waals surface area contributed by atoms with E-state index in [-0.39, 0.29) is 23.1 Å². The molecule has 1 aromatic carbocycles. The van der Waals surface area contributed by atoms with E-state index in [0.717, 1.165) is 25.9 Å². The molecule has 0 saturated carbocycles. The van der Waals surface area contributed by atoms with Crippen LogP contribution in [0.4, 0.5) is 5.69 Å². The average Bonchev–Trinajstić information content (AvgIpc) is 2.38. The first-order chi connectivity index (χ1) is 9.10. The largest absolute Gasteiger partial charge is 0.396 e. The maximum absolute atomic E-state index is 11.0. The summed E-state index contributed by atoms with van der Waals surface area (Å²) < 4.78 is 0. The zero-order chi connectivity index (χ0) is 13.8. The second-order valence-corrected chi connectivity index (χ2v) is 5.39. The van der Waals surface area contributed by atoms with Gasteiger partial charge in [-0.2, -0.15) is 0 Å². The minimum atomic E-state index is -0.376. The van der Waals surface area contributed by atoms with Crippen molar-refractivity contribution in [2.45, 2.75) is 19.4 Å². The van der Waals surface area contributed by atoms with Crippen LogP contribution < -0.4 is 0 Å². The zero-order valence-corrected chi connectivity index (χ0v) is 11.3. The number of nitrogens with zero attached hydrogens (tertiary/aromatic N) is 2. The molecule has 1 heterocycles. The van der Waals surface area contributed by atoms with Crippen molar-refractivity contribution in [1.29, 1.82) is 0 Å². The van der Waals surface area contributed by atoms with Gasteiger partial charge in [0.05, 0.1) is 4.92 Å². The highest BCUT2D eigenvalue weighted by Gasteiger charge is 2.22. The summed E-state index contributed by atoms with van der Waals surface area (Å²) >= 11 is 5.91. The summed E-state index contributed by atoms with van der Waals surface area (Å²) in [5, 5.41) is 20.7. The number of aliphatic hydroxyl groups excluding tert-OH is 1. The first-order valence-electron chi connectivity index (χ1n) is 6.36. The van der Waals surface area contributed by atoms with E-state index in [9.17, 15) is 15.2 Å². The molecule has 0 aromatic heterocycles. The average molecular weight is 285 g/mol. The number of halogens is 1. The van der Waals surface area contributed by atoms with Crippen molar-refractivity contribution in [3.8, 4) is 0 Å². The summed E-state index contributed by atoms with van der Waals surface area (Å²) in [5.74, 6) is 0.270. The Hall–Kier alpha value is -1.17. The predicted octanol–water partition coefficient (Wildman–Crippen LogP) is 2.45. The van der Waals surface area contributed by atoms with Crippen LogP contribution in [0.5, 0.6) is 0 Å². The number of nitro benzene ring substituents is 1. The van der Waals surface area contributed by atoms with Gasteiger partial charge in [-0.15, -0.1) is 0 Å². The van der Waals surface area contributed by atoms with Crippen molar-refractivity contribution in [1.82, 2.24) is 4.90 Å². The van der Waals surface area contributed by atoms with Crippen molar-refractivity contribution in [2.75, 3.05) is 19.7 Å². The SMILES string of the molecule is O=[N+]([O-])c1ccc(Cl)cc1CN1CCCC(CO)C1. The second kappa shape index (κ2) is 6.32. The molecule has 19 heavy (non-hydrogen) atoms. The highest BCUT2D eigenvalue weighted by molar-refractivity contribution is 6.30. The fraction of sp³-hybridized carbons (Fsp3) is 0.538. The van der Waals surface area contributed by atoms with E-state index < -0.39 is 0 Å². The summed E-state index contributed by atoms with van der Waals surface area (Å²) in [7, 11) is 0. The third kappa shape index (κ3) is 3.65. The smallest absolute Gasteiger partial charge is 0.273 e. The molecule has 0 bridgehead atoms. The van der Waals surface area contributed by atoms with Crippen molar-refractivity contribution >= 4 is 17.3 Å². The van der Waals surface area contributed by atoms with Gasteiger partial charge in [0, 0.05) is 36.3 Å². The van der Waals surface area contributed by atoms with Crippen LogP contribution in [0.1, 0.15) is 18.4 Å². The van der Waals surface area contributed by atoms with Crippen molar-refractivity contribution in [3.05, 3.63) is 38.9 Å². The molecule has 0 radical (unpaired) electrons. The Kier molecular flexibility index (Phi) is 4.74. The summed E-state index contributed by atoms with van der Waals surface area (Å²) in [6, 6.07) is 4.64. The molecule has 1 fully saturated rings. The number of nitro groups is 1. The lowest BCUT2D eigenvalue weighted by molar-refractivity contribution is -0.385. The van der Waals surface area contributed by atoms with Crippen molar-refractivity contribution < 1.29 is 10.0 Å². The van der Waals surface area contributed by atoms with Crippen molar-refractivity contribution in [2.24, 2.45) is 5.92 Å². The molecule has 0 aliphatic carbocycles. The summed E-state index contributed by atoms with van der Waals surface area (Å²) in [5.41, 5.74) is 0.742. The van der Waals surface area contributed by atoms with E-state index in [0.29, 0.717) is 17.1 Å². The Bertz CT molecular complexity index is 467. The van der Waals surface area contributed by atoms with Gasteiger partial charge in [0.15, 0.2) is 0 Å². The monoisotopic (exact) mass is 284 g/mol. The molecule has 1 aromatic rings. The zero-order valence-electron chi connectivity index (χ0n) is 10.6. The molecule has 1 unspecified atom stereocenters. The molecular formula is C13H17ClN2O3. The number of aliphatic hydroxyl groups is 1. The van der Waals surface area contributed by atoms with Gasteiger partial charge in [0.2, 0.25) is 0 Å². The van der Waals surface area contributed by atoms with E-state index in [1.165, 1.54) is 12.1 Å². The standard InChI is InChI=1S/C13H17ClN2O3/c14-12-3-4-13(16(18)19)11(6-12)8-15-5-1-2-10(7-15)9-17/h3-4,6,10,17H,1-2,5,7-9H2. The maximum atomic E-state index is 11.0. The van der Waals surface area contributed by atoms with Gasteiger partial charge < -0.3 is 5.11 Å². The highest BCUT2D eigenvalue weighted by Crippen LogP contribution is 2.26. The van der Waals surface area contributed by atoms with Crippen molar-refractivity contribution in [3.63, 3.8) is 0 Å². The van der Waals surface area contributed by atoms with Gasteiger partial charge in [0.1, 0.15) is 0 Å². The Balaban J connectivity index is 2.13. The van der Waals surface area contributed by atoms with Crippen LogP contribution in [0.15, 0.2) is 18.2 Å². The van der Waals surface area contributed by atoms with Crippen LogP contribution >= 0.6 is 11.6 Å². The van der Waals surface area contributed by atoms with Crippen LogP contribution in [0, 0.1) is 16.0 Å². The number of hydrogen-bond donors (Lipinski definition) is 1. The van der Waals surface area contributed by atoms with Crippen LogP contribution in [-0.4, -0.2) is 34.6 Å². The van der Waals surface area contributed by atoms with Gasteiger partial charge in [-0.25, -0.2) is 0 Å². The lowest BCUT2D eigenvalue weighted by atomic mass is 9.98. The molecule has 1 aliphatic heterocycles. The van der Waals surface area contributed by atoms with E-state index >= 15 is 0 Å². The molecule has 1 saturated heterocycles. The molecular weight excluding hydrogens is 268 g/mol. The molecule has 1 aliphatic rings. The highest BCUT2D eigenvalue weighted by atomic mass is 35.5. The minimum absolute atomic E-state index is 0.107. The lowest BCUT2D eigenvalue weighted by Crippen LogP contribution is -2.36. The Morgan fingerprint density at radius 3 is 3.00 bits per heavy atom. The van der Waals surface area contributed by atoms with Crippen LogP contribution in [0.2, 0.25) is 5.02 Å². The fourth-order valence-electron chi connectivity index (χ4n) is 2.54. The van der Waals surface area contributed by atoms with Gasteiger partial charge in [-0.05, 0) is 37.4 Å².